The molecule has 3 aliphatic rings. The molecule has 3 fully saturated rings. The van der Waals surface area contributed by atoms with Crippen molar-refractivity contribution in [1.29, 1.82) is 0 Å². The fraction of sp³-hybridized carbons (Fsp3) is 0.667. The number of hydrogen-bond donors (Lipinski definition) is 2. The first-order chi connectivity index (χ1) is 13.1. The van der Waals surface area contributed by atoms with Crippen molar-refractivity contribution in [3.05, 3.63) is 30.3 Å². The van der Waals surface area contributed by atoms with Crippen molar-refractivity contribution in [2.45, 2.75) is 44.2 Å². The van der Waals surface area contributed by atoms with Crippen LogP contribution in [0.1, 0.15) is 32.1 Å². The molecule has 2 aliphatic heterocycles. The molecule has 0 radical (unpaired) electrons. The van der Waals surface area contributed by atoms with Gasteiger partial charge in [-0.05, 0) is 49.7 Å². The summed E-state index contributed by atoms with van der Waals surface area (Å²) in [6.45, 7) is 4.50. The van der Waals surface area contributed by atoms with E-state index in [0.29, 0.717) is 25.2 Å². The molecular formula is C21H31N3O3. The number of aliphatic hydroxyl groups is 1. The van der Waals surface area contributed by atoms with Crippen LogP contribution in [0.4, 0.5) is 10.5 Å². The Labute approximate surface area is 161 Å². The third-order valence-corrected chi connectivity index (χ3v) is 6.93. The topological polar surface area (TPSA) is 67.2 Å². The van der Waals surface area contributed by atoms with E-state index in [1.165, 1.54) is 5.69 Å². The second-order valence-electron chi connectivity index (χ2n) is 8.54. The number of carbonyl (C=O) groups is 1. The number of piperidine rings is 1. The summed E-state index contributed by atoms with van der Waals surface area (Å²) >= 11 is 0. The number of nitrogens with zero attached hydrogens (tertiary/aromatic N) is 3. The minimum atomic E-state index is -0.763. The summed E-state index contributed by atoms with van der Waals surface area (Å²) in [6.07, 6.45) is 4.83. The third kappa shape index (κ3) is 3.78. The smallest absolute Gasteiger partial charge is 0.407 e. The summed E-state index contributed by atoms with van der Waals surface area (Å²) in [5.74, 6) is 0. The monoisotopic (exact) mass is 373 g/mol. The van der Waals surface area contributed by atoms with E-state index in [9.17, 15) is 15.0 Å². The fourth-order valence-electron chi connectivity index (χ4n) is 5.44. The van der Waals surface area contributed by atoms with Gasteiger partial charge >= 0.3 is 6.09 Å². The molecule has 6 nitrogen and oxygen atoms in total. The highest BCUT2D eigenvalue weighted by atomic mass is 16.4. The zero-order valence-electron chi connectivity index (χ0n) is 16.0. The second-order valence-corrected chi connectivity index (χ2v) is 8.54. The van der Waals surface area contributed by atoms with E-state index < -0.39 is 6.09 Å². The molecule has 1 aromatic rings. The van der Waals surface area contributed by atoms with Gasteiger partial charge in [-0.2, -0.15) is 0 Å². The molecule has 4 rings (SSSR count). The van der Waals surface area contributed by atoms with Crippen molar-refractivity contribution < 1.29 is 15.0 Å². The summed E-state index contributed by atoms with van der Waals surface area (Å²) in [5.41, 5.74) is 1.46. The highest BCUT2D eigenvalue weighted by Crippen LogP contribution is 2.50. The fourth-order valence-corrected chi connectivity index (χ4v) is 5.44. The van der Waals surface area contributed by atoms with Crippen molar-refractivity contribution in [1.82, 2.24) is 9.80 Å². The lowest BCUT2D eigenvalue weighted by Gasteiger charge is -2.52. The Morgan fingerprint density at radius 1 is 1.15 bits per heavy atom. The van der Waals surface area contributed by atoms with Crippen LogP contribution in [0.3, 0.4) is 0 Å². The molecule has 2 saturated heterocycles. The Hall–Kier alpha value is -1.79. The lowest BCUT2D eigenvalue weighted by molar-refractivity contribution is -0.00395. The molecule has 6 heteroatoms. The molecule has 0 unspecified atom stereocenters. The third-order valence-electron chi connectivity index (χ3n) is 6.93. The van der Waals surface area contributed by atoms with E-state index in [4.69, 9.17) is 0 Å². The Balaban J connectivity index is 1.29. The predicted octanol–water partition coefficient (Wildman–Crippen LogP) is 2.48. The van der Waals surface area contributed by atoms with Gasteiger partial charge in [0.1, 0.15) is 0 Å². The molecule has 0 atom stereocenters. The maximum atomic E-state index is 11.2. The molecule has 1 spiro atoms. The van der Waals surface area contributed by atoms with Gasteiger partial charge in [0.05, 0.1) is 6.61 Å². The Kier molecular flexibility index (Phi) is 5.28. The summed E-state index contributed by atoms with van der Waals surface area (Å²) < 4.78 is 0. The lowest BCUT2D eigenvalue weighted by atomic mass is 9.64. The molecule has 0 bridgehead atoms. The molecule has 27 heavy (non-hydrogen) atoms. The van der Waals surface area contributed by atoms with Crippen molar-refractivity contribution in [2.75, 3.05) is 44.2 Å². The number of amides is 1. The Morgan fingerprint density at radius 3 is 2.44 bits per heavy atom. The number of rotatable bonds is 5. The first-order valence-electron chi connectivity index (χ1n) is 10.2. The molecule has 1 saturated carbocycles. The van der Waals surface area contributed by atoms with Gasteiger partial charge in [0.2, 0.25) is 0 Å². The largest absolute Gasteiger partial charge is 0.465 e. The van der Waals surface area contributed by atoms with E-state index in [0.717, 1.165) is 51.7 Å². The van der Waals surface area contributed by atoms with Gasteiger partial charge in [0.25, 0.3) is 0 Å². The summed E-state index contributed by atoms with van der Waals surface area (Å²) in [7, 11) is 0. The zero-order chi connectivity index (χ0) is 18.9. The van der Waals surface area contributed by atoms with Gasteiger partial charge in [-0.15, -0.1) is 0 Å². The number of hydrogen-bond acceptors (Lipinski definition) is 4. The number of anilines is 1. The first kappa shape index (κ1) is 18.6. The van der Waals surface area contributed by atoms with Crippen LogP contribution in [0.2, 0.25) is 0 Å². The average Bonchev–Trinajstić information content (AvgIpc) is 3.12. The van der Waals surface area contributed by atoms with Crippen molar-refractivity contribution >= 4 is 11.8 Å². The van der Waals surface area contributed by atoms with Gasteiger partial charge in [-0.25, -0.2) is 4.79 Å². The summed E-state index contributed by atoms with van der Waals surface area (Å²) in [5, 5.41) is 18.7. The molecule has 2 N–H and O–H groups in total. The molecule has 1 aromatic carbocycles. The highest BCUT2D eigenvalue weighted by Gasteiger charge is 2.51. The second kappa shape index (κ2) is 7.68. The van der Waals surface area contributed by atoms with E-state index in [2.05, 4.69) is 34.1 Å². The van der Waals surface area contributed by atoms with Crippen LogP contribution < -0.4 is 4.90 Å². The van der Waals surface area contributed by atoms with Gasteiger partial charge in [0.15, 0.2) is 0 Å². The standard InChI is InChI=1S/C21H31N3O3/c25-13-12-24(17-4-2-1-3-5-17)18-6-9-22(10-7-18)19-14-21(15-19)8-11-23(16-21)20(26)27/h1-5,18-19,25H,6-16H2,(H,26,27). The predicted molar refractivity (Wildman–Crippen MR) is 105 cm³/mol. The summed E-state index contributed by atoms with van der Waals surface area (Å²) in [6, 6.07) is 11.5. The molecule has 1 amide bonds. The van der Waals surface area contributed by atoms with Gasteiger partial charge in [-0.1, -0.05) is 18.2 Å². The summed E-state index contributed by atoms with van der Waals surface area (Å²) in [4.78, 5) is 17.7. The SMILES string of the molecule is O=C(O)N1CCC2(CC(N3CCC(N(CCO)c4ccccc4)CC3)C2)C1. The van der Waals surface area contributed by atoms with Crippen LogP contribution in [-0.4, -0.2) is 77.5 Å². The Morgan fingerprint density at radius 2 is 1.85 bits per heavy atom. The van der Waals surface area contributed by atoms with Crippen molar-refractivity contribution in [2.24, 2.45) is 5.41 Å². The van der Waals surface area contributed by atoms with Crippen LogP contribution in [0.15, 0.2) is 30.3 Å². The maximum absolute atomic E-state index is 11.2. The first-order valence-corrected chi connectivity index (χ1v) is 10.2. The minimum absolute atomic E-state index is 0.181. The Bertz CT molecular complexity index is 639. The molecular weight excluding hydrogens is 342 g/mol. The van der Waals surface area contributed by atoms with Crippen LogP contribution in [-0.2, 0) is 0 Å². The van der Waals surface area contributed by atoms with E-state index in [1.54, 1.807) is 4.90 Å². The highest BCUT2D eigenvalue weighted by molar-refractivity contribution is 5.65. The number of para-hydroxylation sites is 1. The van der Waals surface area contributed by atoms with Crippen LogP contribution in [0, 0.1) is 5.41 Å². The molecule has 0 aromatic heterocycles. The lowest BCUT2D eigenvalue weighted by Crippen LogP contribution is -2.56. The van der Waals surface area contributed by atoms with Crippen LogP contribution in [0.25, 0.3) is 0 Å². The molecule has 1 aliphatic carbocycles. The van der Waals surface area contributed by atoms with Crippen LogP contribution in [0.5, 0.6) is 0 Å². The maximum Gasteiger partial charge on any atom is 0.407 e. The minimum Gasteiger partial charge on any atom is -0.465 e. The van der Waals surface area contributed by atoms with Crippen molar-refractivity contribution in [3.63, 3.8) is 0 Å². The number of benzene rings is 1. The number of likely N-dealkylation sites (tertiary alicyclic amines) is 2. The number of carboxylic acid groups (broad SMARTS) is 1. The van der Waals surface area contributed by atoms with E-state index in [-0.39, 0.29) is 12.0 Å². The van der Waals surface area contributed by atoms with Crippen LogP contribution >= 0.6 is 0 Å². The number of aliphatic hydroxyl groups excluding tert-OH is 1. The van der Waals surface area contributed by atoms with Crippen molar-refractivity contribution in [3.8, 4) is 0 Å². The molecule has 148 valence electrons. The van der Waals surface area contributed by atoms with Gasteiger partial charge in [-0.3, -0.25) is 0 Å². The van der Waals surface area contributed by atoms with Gasteiger partial charge in [0, 0.05) is 50.5 Å². The van der Waals surface area contributed by atoms with E-state index >= 15 is 0 Å². The molecule has 2 heterocycles. The zero-order valence-corrected chi connectivity index (χ0v) is 16.0. The average molecular weight is 373 g/mol. The normalized spacial score (nSPS) is 29.1. The van der Waals surface area contributed by atoms with E-state index in [1.807, 2.05) is 6.07 Å². The quantitative estimate of drug-likeness (QED) is 0.830. The van der Waals surface area contributed by atoms with Gasteiger partial charge < -0.3 is 24.9 Å².